The van der Waals surface area contributed by atoms with Crippen LogP contribution in [0.1, 0.15) is 15.9 Å². The molecule has 1 aromatic carbocycles. The van der Waals surface area contributed by atoms with Gasteiger partial charge in [-0.2, -0.15) is 0 Å². The number of benzene rings is 1. The maximum atomic E-state index is 11.5. The molecule has 82 valence electrons. The van der Waals surface area contributed by atoms with Crippen molar-refractivity contribution in [1.82, 2.24) is 4.98 Å². The summed E-state index contributed by atoms with van der Waals surface area (Å²) in [5.74, 6) is -0.360. The molecule has 0 bridgehead atoms. The van der Waals surface area contributed by atoms with E-state index in [-0.39, 0.29) is 5.97 Å². The molecule has 0 saturated heterocycles. The Balaban J connectivity index is 2.72. The van der Waals surface area contributed by atoms with E-state index in [1.807, 2.05) is 13.0 Å². The Morgan fingerprint density at radius 1 is 1.44 bits per heavy atom. The lowest BCUT2D eigenvalue weighted by atomic mass is 10.1. The number of halogens is 1. The van der Waals surface area contributed by atoms with Crippen molar-refractivity contribution in [2.45, 2.75) is 6.92 Å². The van der Waals surface area contributed by atoms with E-state index in [0.29, 0.717) is 16.1 Å². The van der Waals surface area contributed by atoms with E-state index in [4.69, 9.17) is 16.3 Å². The summed E-state index contributed by atoms with van der Waals surface area (Å²) in [6, 6.07) is 5.26. The van der Waals surface area contributed by atoms with Gasteiger partial charge in [0.05, 0.1) is 23.2 Å². The van der Waals surface area contributed by atoms with E-state index in [2.05, 4.69) is 4.98 Å². The topological polar surface area (TPSA) is 39.2 Å². The Morgan fingerprint density at radius 3 is 2.88 bits per heavy atom. The molecule has 1 aromatic heterocycles. The van der Waals surface area contributed by atoms with Crippen molar-refractivity contribution in [3.63, 3.8) is 0 Å². The number of nitrogens with zero attached hydrogens (tertiary/aromatic N) is 1. The summed E-state index contributed by atoms with van der Waals surface area (Å²) in [6.07, 6.45) is 1.61. The van der Waals surface area contributed by atoms with E-state index < -0.39 is 0 Å². The van der Waals surface area contributed by atoms with Crippen molar-refractivity contribution in [3.8, 4) is 0 Å². The average molecular weight is 236 g/mol. The fourth-order valence-electron chi connectivity index (χ4n) is 1.60. The predicted octanol–water partition coefficient (Wildman–Crippen LogP) is 2.98. The van der Waals surface area contributed by atoms with E-state index in [1.54, 1.807) is 18.3 Å². The van der Waals surface area contributed by atoms with Gasteiger partial charge in [-0.1, -0.05) is 11.6 Å². The van der Waals surface area contributed by atoms with Crippen LogP contribution in [-0.2, 0) is 4.74 Å². The van der Waals surface area contributed by atoms with Crippen LogP contribution >= 0.6 is 11.6 Å². The third-order valence-corrected chi connectivity index (χ3v) is 2.77. The Kier molecular flexibility index (Phi) is 2.79. The maximum absolute atomic E-state index is 11.5. The van der Waals surface area contributed by atoms with Gasteiger partial charge < -0.3 is 4.74 Å². The molecular formula is C12H10ClNO2. The molecule has 0 aliphatic carbocycles. The van der Waals surface area contributed by atoms with E-state index in [9.17, 15) is 4.79 Å². The number of methoxy groups -OCH3 is 1. The number of hydrogen-bond donors (Lipinski definition) is 0. The van der Waals surface area contributed by atoms with Gasteiger partial charge >= 0.3 is 5.97 Å². The second-order valence-corrected chi connectivity index (χ2v) is 3.88. The molecule has 0 saturated carbocycles. The van der Waals surface area contributed by atoms with E-state index in [0.717, 1.165) is 10.9 Å². The second kappa shape index (κ2) is 4.10. The van der Waals surface area contributed by atoms with Crippen LogP contribution in [0.15, 0.2) is 24.4 Å². The molecule has 0 amide bonds. The molecule has 0 atom stereocenters. The number of carbonyl (C=O) groups is 1. The summed E-state index contributed by atoms with van der Waals surface area (Å²) in [4.78, 5) is 15.6. The number of ether oxygens (including phenoxy) is 1. The Bertz CT molecular complexity index is 566. The molecule has 2 aromatic rings. The van der Waals surface area contributed by atoms with Crippen molar-refractivity contribution in [2.75, 3.05) is 7.11 Å². The highest BCUT2D eigenvalue weighted by Gasteiger charge is 2.11. The first-order valence-corrected chi connectivity index (χ1v) is 5.14. The molecule has 0 aliphatic heterocycles. The lowest BCUT2D eigenvalue weighted by Gasteiger charge is -2.06. The molecule has 16 heavy (non-hydrogen) atoms. The van der Waals surface area contributed by atoms with Crippen LogP contribution < -0.4 is 0 Å². The number of fused-ring (bicyclic) bond motifs is 1. The van der Waals surface area contributed by atoms with Gasteiger partial charge in [-0.25, -0.2) is 4.79 Å². The van der Waals surface area contributed by atoms with Crippen molar-refractivity contribution in [1.29, 1.82) is 0 Å². The van der Waals surface area contributed by atoms with Crippen LogP contribution in [0.4, 0.5) is 0 Å². The van der Waals surface area contributed by atoms with Crippen molar-refractivity contribution >= 4 is 28.5 Å². The highest BCUT2D eigenvalue weighted by molar-refractivity contribution is 6.35. The zero-order valence-corrected chi connectivity index (χ0v) is 9.71. The minimum absolute atomic E-state index is 0.360. The van der Waals surface area contributed by atoms with Gasteiger partial charge in [0.25, 0.3) is 0 Å². The minimum Gasteiger partial charge on any atom is -0.465 e. The molecule has 4 heteroatoms. The van der Waals surface area contributed by atoms with Gasteiger partial charge in [-0.15, -0.1) is 0 Å². The standard InChI is InChI=1S/C12H10ClNO2/c1-7-5-9-10(13)3-4-14-11(9)6-8(7)12(15)16-2/h3-6H,1-2H3. The van der Waals surface area contributed by atoms with Crippen LogP contribution in [0.5, 0.6) is 0 Å². The van der Waals surface area contributed by atoms with Gasteiger partial charge in [0.1, 0.15) is 0 Å². The van der Waals surface area contributed by atoms with Crippen molar-refractivity contribution in [2.24, 2.45) is 0 Å². The number of rotatable bonds is 1. The molecule has 3 nitrogen and oxygen atoms in total. The maximum Gasteiger partial charge on any atom is 0.338 e. The fraction of sp³-hybridized carbons (Fsp3) is 0.167. The lowest BCUT2D eigenvalue weighted by molar-refractivity contribution is 0.0600. The summed E-state index contributed by atoms with van der Waals surface area (Å²) >= 11 is 6.04. The average Bonchev–Trinajstić information content (AvgIpc) is 2.29. The van der Waals surface area contributed by atoms with Gasteiger partial charge in [-0.05, 0) is 30.7 Å². The molecule has 0 N–H and O–H groups in total. The molecule has 1 heterocycles. The minimum atomic E-state index is -0.360. The largest absolute Gasteiger partial charge is 0.465 e. The van der Waals surface area contributed by atoms with E-state index in [1.165, 1.54) is 7.11 Å². The van der Waals surface area contributed by atoms with Gasteiger partial charge in [0.15, 0.2) is 0 Å². The SMILES string of the molecule is COC(=O)c1cc2nccc(Cl)c2cc1C. The van der Waals surface area contributed by atoms with Crippen molar-refractivity contribution in [3.05, 3.63) is 40.5 Å². The molecule has 0 aliphatic rings. The highest BCUT2D eigenvalue weighted by Crippen LogP contribution is 2.24. The quantitative estimate of drug-likeness (QED) is 0.714. The number of hydrogen-bond acceptors (Lipinski definition) is 3. The first kappa shape index (κ1) is 10.9. The monoisotopic (exact) mass is 235 g/mol. The highest BCUT2D eigenvalue weighted by atomic mass is 35.5. The molecule has 0 radical (unpaired) electrons. The third-order valence-electron chi connectivity index (χ3n) is 2.44. The summed E-state index contributed by atoms with van der Waals surface area (Å²) < 4.78 is 4.70. The van der Waals surface area contributed by atoms with Gasteiger partial charge in [0.2, 0.25) is 0 Å². The summed E-state index contributed by atoms with van der Waals surface area (Å²) in [5, 5.41) is 1.47. The Morgan fingerprint density at radius 2 is 2.19 bits per heavy atom. The first-order valence-electron chi connectivity index (χ1n) is 4.76. The smallest absolute Gasteiger partial charge is 0.338 e. The molecule has 0 fully saturated rings. The summed E-state index contributed by atoms with van der Waals surface area (Å²) in [6.45, 7) is 1.84. The first-order chi connectivity index (χ1) is 7.63. The van der Waals surface area contributed by atoms with Crippen molar-refractivity contribution < 1.29 is 9.53 Å². The summed E-state index contributed by atoms with van der Waals surface area (Å²) in [7, 11) is 1.36. The molecule has 0 spiro atoms. The van der Waals surface area contributed by atoms with Gasteiger partial charge in [-0.3, -0.25) is 4.98 Å². The third kappa shape index (κ3) is 1.74. The number of esters is 1. The Labute approximate surface area is 98.0 Å². The lowest BCUT2D eigenvalue weighted by Crippen LogP contribution is -2.04. The van der Waals surface area contributed by atoms with Crippen LogP contribution in [0.2, 0.25) is 5.02 Å². The normalized spacial score (nSPS) is 10.4. The zero-order chi connectivity index (χ0) is 11.7. The summed E-state index contributed by atoms with van der Waals surface area (Å²) in [5.41, 5.74) is 2.04. The Hall–Kier alpha value is -1.61. The number of pyridine rings is 1. The number of carbonyl (C=O) groups excluding carboxylic acids is 1. The molecule has 0 unspecified atom stereocenters. The fourth-order valence-corrected chi connectivity index (χ4v) is 1.80. The van der Waals surface area contributed by atoms with Crippen LogP contribution in [-0.4, -0.2) is 18.1 Å². The predicted molar refractivity (Wildman–Crippen MR) is 62.8 cm³/mol. The van der Waals surface area contributed by atoms with Crippen LogP contribution in [0, 0.1) is 6.92 Å². The van der Waals surface area contributed by atoms with Gasteiger partial charge in [0, 0.05) is 11.6 Å². The molecule has 2 rings (SSSR count). The zero-order valence-electron chi connectivity index (χ0n) is 8.95. The molecular weight excluding hydrogens is 226 g/mol. The van der Waals surface area contributed by atoms with Crippen LogP contribution in [0.25, 0.3) is 10.9 Å². The number of aromatic nitrogens is 1. The van der Waals surface area contributed by atoms with E-state index >= 15 is 0 Å². The van der Waals surface area contributed by atoms with Crippen LogP contribution in [0.3, 0.4) is 0 Å². The number of aryl methyl sites for hydroxylation is 1. The second-order valence-electron chi connectivity index (χ2n) is 3.47.